The molecule has 0 saturated heterocycles. The average molecular weight is 284 g/mol. The van der Waals surface area contributed by atoms with E-state index in [1.165, 1.54) is 16.9 Å². The summed E-state index contributed by atoms with van der Waals surface area (Å²) in [5.74, 6) is -0.850. The van der Waals surface area contributed by atoms with Gasteiger partial charge in [-0.15, -0.1) is 0 Å². The Kier molecular flexibility index (Phi) is 4.24. The molecule has 0 heterocycles. The molecule has 1 rings (SSSR count). The number of hydrogen-bond acceptors (Lipinski definition) is 6. The van der Waals surface area contributed by atoms with Gasteiger partial charge in [-0.25, -0.2) is 5.01 Å². The highest BCUT2D eigenvalue weighted by molar-refractivity contribution is 5.73. The summed E-state index contributed by atoms with van der Waals surface area (Å²) in [4.78, 5) is 11.9. The van der Waals surface area contributed by atoms with Gasteiger partial charge in [-0.3, -0.25) is 9.80 Å². The first-order valence-corrected chi connectivity index (χ1v) is 6.40. The summed E-state index contributed by atoms with van der Waals surface area (Å²) < 4.78 is 0. The monoisotopic (exact) mass is 284 g/mol. The predicted molar refractivity (Wildman–Crippen MR) is 71.1 cm³/mol. The Balaban J connectivity index is 3.63. The number of hydrogen-bond donors (Lipinski definition) is 0. The summed E-state index contributed by atoms with van der Waals surface area (Å²) in [5, 5.41) is 40.9. The van der Waals surface area contributed by atoms with Crippen LogP contribution in [0.25, 0.3) is 0 Å². The Bertz CT molecular complexity index is 583. The lowest BCUT2D eigenvalue weighted by atomic mass is 9.64. The third-order valence-corrected chi connectivity index (χ3v) is 4.19. The maximum atomic E-state index is 11.9. The van der Waals surface area contributed by atoms with Gasteiger partial charge in [0.05, 0.1) is 30.3 Å². The smallest absolute Gasteiger partial charge is 0.234 e. The molecule has 7 heteroatoms. The number of carbonyl (C=O) groups is 1. The molecule has 7 nitrogen and oxygen atoms in total. The molecule has 0 spiro atoms. The molecule has 1 fully saturated rings. The van der Waals surface area contributed by atoms with Gasteiger partial charge in [-0.05, 0) is 12.3 Å². The van der Waals surface area contributed by atoms with Crippen molar-refractivity contribution in [2.45, 2.75) is 26.3 Å². The van der Waals surface area contributed by atoms with Gasteiger partial charge in [0.15, 0.2) is 10.8 Å². The number of rotatable bonds is 2. The van der Waals surface area contributed by atoms with E-state index in [1.54, 1.807) is 21.0 Å². The summed E-state index contributed by atoms with van der Waals surface area (Å²) in [6, 6.07) is 6.63. The minimum atomic E-state index is -1.88. The van der Waals surface area contributed by atoms with E-state index in [2.05, 4.69) is 0 Å². The first-order chi connectivity index (χ1) is 9.77. The zero-order chi connectivity index (χ0) is 16.4. The van der Waals surface area contributed by atoms with Gasteiger partial charge in [0, 0.05) is 21.0 Å². The van der Waals surface area contributed by atoms with Crippen LogP contribution in [0.3, 0.4) is 0 Å². The van der Waals surface area contributed by atoms with Crippen LogP contribution in [0.5, 0.6) is 0 Å². The van der Waals surface area contributed by atoms with E-state index >= 15 is 0 Å². The van der Waals surface area contributed by atoms with E-state index in [-0.39, 0.29) is 12.3 Å². The molecule has 0 radical (unpaired) electrons. The minimum absolute atomic E-state index is 0.236. The Hall–Kier alpha value is -2.61. The molecule has 1 aliphatic carbocycles. The average Bonchev–Trinajstić information content (AvgIpc) is 2.67. The van der Waals surface area contributed by atoms with Gasteiger partial charge in [-0.1, -0.05) is 6.92 Å². The van der Waals surface area contributed by atoms with Crippen molar-refractivity contribution in [2.75, 3.05) is 14.1 Å². The number of amides is 1. The van der Waals surface area contributed by atoms with Gasteiger partial charge in [-0.2, -0.15) is 21.0 Å². The fourth-order valence-corrected chi connectivity index (χ4v) is 3.18. The van der Waals surface area contributed by atoms with Gasteiger partial charge in [0.1, 0.15) is 0 Å². The van der Waals surface area contributed by atoms with Crippen LogP contribution < -0.4 is 0 Å². The SMILES string of the molecule is CC(=O)N([C@H]1C[C@H](C)C(C#N)(C#N)C1(C#N)C#N)N(C)C. The summed E-state index contributed by atoms with van der Waals surface area (Å²) >= 11 is 0. The van der Waals surface area contributed by atoms with E-state index in [4.69, 9.17) is 0 Å². The second-order valence-corrected chi connectivity index (χ2v) is 5.43. The van der Waals surface area contributed by atoms with E-state index in [0.717, 1.165) is 0 Å². The van der Waals surface area contributed by atoms with Crippen molar-refractivity contribution < 1.29 is 4.79 Å². The highest BCUT2D eigenvalue weighted by atomic mass is 16.2. The fraction of sp³-hybridized carbons (Fsp3) is 0.643. The molecule has 0 aromatic carbocycles. The van der Waals surface area contributed by atoms with Gasteiger partial charge < -0.3 is 0 Å². The fourth-order valence-electron chi connectivity index (χ4n) is 3.18. The molecular formula is C14H16N6O. The van der Waals surface area contributed by atoms with Crippen molar-refractivity contribution in [3.63, 3.8) is 0 Å². The van der Waals surface area contributed by atoms with Crippen molar-refractivity contribution in [1.29, 1.82) is 21.0 Å². The van der Waals surface area contributed by atoms with Gasteiger partial charge in [0.2, 0.25) is 5.91 Å². The maximum absolute atomic E-state index is 11.9. The lowest BCUT2D eigenvalue weighted by Gasteiger charge is -2.39. The summed E-state index contributed by atoms with van der Waals surface area (Å²) in [7, 11) is 3.23. The standard InChI is InChI=1S/C14H16N6O/c1-10-5-12(20(11(2)21)19(3)4)14(8-17,9-18)13(10,6-15)7-16/h10,12H,5H2,1-4H3/t10-,12-/m0/s1. The lowest BCUT2D eigenvalue weighted by Crippen LogP contribution is -2.55. The van der Waals surface area contributed by atoms with Crippen molar-refractivity contribution in [3.05, 3.63) is 0 Å². The normalized spacial score (nSPS) is 25.2. The summed E-state index contributed by atoms with van der Waals surface area (Å²) in [5.41, 5.74) is -3.64. The van der Waals surface area contributed by atoms with E-state index in [9.17, 15) is 25.8 Å². The molecule has 0 N–H and O–H groups in total. The Morgan fingerprint density at radius 3 is 1.76 bits per heavy atom. The second-order valence-electron chi connectivity index (χ2n) is 5.43. The number of hydrazine groups is 1. The quantitative estimate of drug-likeness (QED) is 0.691. The molecule has 1 aliphatic rings. The van der Waals surface area contributed by atoms with Crippen molar-refractivity contribution in [2.24, 2.45) is 16.7 Å². The Morgan fingerprint density at radius 2 is 1.48 bits per heavy atom. The molecule has 1 saturated carbocycles. The zero-order valence-corrected chi connectivity index (χ0v) is 12.5. The van der Waals surface area contributed by atoms with Crippen LogP contribution in [0.4, 0.5) is 0 Å². The minimum Gasteiger partial charge on any atom is -0.274 e. The molecule has 0 aromatic rings. The van der Waals surface area contributed by atoms with E-state index in [1.807, 2.05) is 24.3 Å². The summed E-state index contributed by atoms with van der Waals surface area (Å²) in [6.45, 7) is 2.98. The largest absolute Gasteiger partial charge is 0.274 e. The highest BCUT2D eigenvalue weighted by Crippen LogP contribution is 2.57. The van der Waals surface area contributed by atoms with Crippen LogP contribution in [0.15, 0.2) is 0 Å². The molecule has 0 aromatic heterocycles. The predicted octanol–water partition coefficient (Wildman–Crippen LogP) is 0.787. The van der Waals surface area contributed by atoms with E-state index in [0.29, 0.717) is 0 Å². The topological polar surface area (TPSA) is 119 Å². The van der Waals surface area contributed by atoms with Crippen LogP contribution in [0.1, 0.15) is 20.3 Å². The van der Waals surface area contributed by atoms with E-state index < -0.39 is 22.8 Å². The zero-order valence-electron chi connectivity index (χ0n) is 12.5. The van der Waals surface area contributed by atoms with Crippen LogP contribution in [0.2, 0.25) is 0 Å². The van der Waals surface area contributed by atoms with Crippen molar-refractivity contribution in [3.8, 4) is 24.3 Å². The van der Waals surface area contributed by atoms with Crippen molar-refractivity contribution in [1.82, 2.24) is 10.0 Å². The first kappa shape index (κ1) is 16.4. The number of nitrogens with zero attached hydrogens (tertiary/aromatic N) is 6. The molecule has 21 heavy (non-hydrogen) atoms. The molecule has 108 valence electrons. The molecular weight excluding hydrogens is 268 g/mol. The summed E-state index contributed by atoms with van der Waals surface area (Å²) in [6.07, 6.45) is 0.236. The number of nitriles is 4. The van der Waals surface area contributed by atoms with Crippen LogP contribution in [-0.2, 0) is 4.79 Å². The van der Waals surface area contributed by atoms with Crippen LogP contribution in [-0.4, -0.2) is 36.1 Å². The molecule has 2 atom stereocenters. The van der Waals surface area contributed by atoms with Crippen LogP contribution in [0, 0.1) is 62.1 Å². The maximum Gasteiger partial charge on any atom is 0.234 e. The third-order valence-electron chi connectivity index (χ3n) is 4.19. The second kappa shape index (κ2) is 5.41. The van der Waals surface area contributed by atoms with Crippen LogP contribution >= 0.6 is 0 Å². The molecule has 0 bridgehead atoms. The number of carbonyl (C=O) groups excluding carboxylic acids is 1. The molecule has 0 unspecified atom stereocenters. The lowest BCUT2D eigenvalue weighted by molar-refractivity contribution is -0.150. The Labute approximate surface area is 124 Å². The van der Waals surface area contributed by atoms with Gasteiger partial charge in [0.25, 0.3) is 0 Å². The highest BCUT2D eigenvalue weighted by Gasteiger charge is 2.69. The third kappa shape index (κ3) is 1.91. The van der Waals surface area contributed by atoms with Gasteiger partial charge >= 0.3 is 0 Å². The van der Waals surface area contributed by atoms with Crippen molar-refractivity contribution >= 4 is 5.91 Å². The molecule has 0 aliphatic heterocycles. The Morgan fingerprint density at radius 1 is 1.05 bits per heavy atom. The first-order valence-electron chi connectivity index (χ1n) is 6.40. The molecule has 1 amide bonds.